The maximum Gasteiger partial charge on any atom is 0.129 e. The van der Waals surface area contributed by atoms with E-state index in [1.165, 1.54) is 6.07 Å². The molecule has 2 rings (SSSR count). The third-order valence-corrected chi connectivity index (χ3v) is 3.58. The second kappa shape index (κ2) is 4.06. The Bertz CT molecular complexity index is 397. The molecule has 0 spiro atoms. The van der Waals surface area contributed by atoms with Crippen molar-refractivity contribution >= 4 is 0 Å². The Hall–Kier alpha value is -1.09. The number of halogens is 1. The van der Waals surface area contributed by atoms with Gasteiger partial charge in [0.05, 0.1) is 7.11 Å². The van der Waals surface area contributed by atoms with Crippen molar-refractivity contribution in [1.82, 2.24) is 0 Å². The fraction of sp³-hybridized carbons (Fsp3) is 0.538. The molecule has 3 heteroatoms. The first-order chi connectivity index (χ1) is 7.58. The van der Waals surface area contributed by atoms with Gasteiger partial charge in [0.15, 0.2) is 0 Å². The summed E-state index contributed by atoms with van der Waals surface area (Å²) >= 11 is 0. The molecule has 0 saturated heterocycles. The van der Waals surface area contributed by atoms with Gasteiger partial charge in [-0.2, -0.15) is 0 Å². The Labute approximate surface area is 95.6 Å². The summed E-state index contributed by atoms with van der Waals surface area (Å²) in [7, 11) is 1.57. The first-order valence-corrected chi connectivity index (χ1v) is 5.71. The predicted molar refractivity (Wildman–Crippen MR) is 62.0 cm³/mol. The van der Waals surface area contributed by atoms with E-state index in [-0.39, 0.29) is 11.4 Å². The fourth-order valence-electron chi connectivity index (χ4n) is 2.60. The Morgan fingerprint density at radius 3 is 2.50 bits per heavy atom. The van der Waals surface area contributed by atoms with Crippen LogP contribution < -0.4 is 10.5 Å². The molecule has 0 unspecified atom stereocenters. The van der Waals surface area contributed by atoms with Crippen LogP contribution in [0, 0.1) is 12.7 Å². The zero-order valence-corrected chi connectivity index (χ0v) is 9.85. The summed E-state index contributed by atoms with van der Waals surface area (Å²) < 4.78 is 18.8. The molecule has 0 atom stereocenters. The lowest BCUT2D eigenvalue weighted by molar-refractivity contribution is 0.373. The average Bonchev–Trinajstić information content (AvgIpc) is 2.70. The zero-order valence-electron chi connectivity index (χ0n) is 9.85. The van der Waals surface area contributed by atoms with Gasteiger partial charge >= 0.3 is 0 Å². The topological polar surface area (TPSA) is 35.2 Å². The van der Waals surface area contributed by atoms with Gasteiger partial charge in [-0.3, -0.25) is 0 Å². The average molecular weight is 223 g/mol. The number of hydrogen-bond donors (Lipinski definition) is 1. The molecule has 1 aromatic carbocycles. The summed E-state index contributed by atoms with van der Waals surface area (Å²) in [5.41, 5.74) is 7.55. The summed E-state index contributed by atoms with van der Waals surface area (Å²) in [5, 5.41) is 0. The first-order valence-electron chi connectivity index (χ1n) is 5.71. The van der Waals surface area contributed by atoms with E-state index < -0.39 is 0 Å². The fourth-order valence-corrected chi connectivity index (χ4v) is 2.60. The van der Waals surface area contributed by atoms with Gasteiger partial charge in [-0.15, -0.1) is 0 Å². The van der Waals surface area contributed by atoms with Crippen LogP contribution in [0.25, 0.3) is 0 Å². The lowest BCUT2D eigenvalue weighted by Gasteiger charge is -2.27. The van der Waals surface area contributed by atoms with E-state index >= 15 is 0 Å². The maximum atomic E-state index is 13.4. The molecule has 0 amide bonds. The van der Waals surface area contributed by atoms with Gasteiger partial charge in [-0.25, -0.2) is 4.39 Å². The third kappa shape index (κ3) is 1.69. The lowest BCUT2D eigenvalue weighted by atomic mass is 9.87. The maximum absolute atomic E-state index is 13.4. The summed E-state index contributed by atoms with van der Waals surface area (Å²) in [6.07, 6.45) is 4.18. The van der Waals surface area contributed by atoms with Crippen molar-refractivity contribution < 1.29 is 9.13 Å². The van der Waals surface area contributed by atoms with Gasteiger partial charge in [0, 0.05) is 16.7 Å². The van der Waals surface area contributed by atoms with Gasteiger partial charge in [-0.1, -0.05) is 18.9 Å². The Morgan fingerprint density at radius 1 is 1.31 bits per heavy atom. The van der Waals surface area contributed by atoms with E-state index in [9.17, 15) is 4.39 Å². The minimum absolute atomic E-state index is 0.234. The van der Waals surface area contributed by atoms with E-state index in [1.807, 2.05) is 0 Å². The predicted octanol–water partition coefficient (Wildman–Crippen LogP) is 2.87. The number of methoxy groups -OCH3 is 1. The summed E-state index contributed by atoms with van der Waals surface area (Å²) in [4.78, 5) is 0. The molecule has 1 fully saturated rings. The summed E-state index contributed by atoms with van der Waals surface area (Å²) in [5.74, 6) is 0.381. The molecule has 2 nitrogen and oxygen atoms in total. The minimum Gasteiger partial charge on any atom is -0.496 e. The number of rotatable bonds is 2. The van der Waals surface area contributed by atoms with E-state index in [1.54, 1.807) is 20.1 Å². The number of benzene rings is 1. The second-order valence-electron chi connectivity index (χ2n) is 4.62. The highest BCUT2D eigenvalue weighted by Gasteiger charge is 2.34. The zero-order chi connectivity index (χ0) is 11.8. The second-order valence-corrected chi connectivity index (χ2v) is 4.62. The van der Waals surface area contributed by atoms with Crippen molar-refractivity contribution in [1.29, 1.82) is 0 Å². The van der Waals surface area contributed by atoms with Crippen molar-refractivity contribution in [3.05, 3.63) is 29.1 Å². The van der Waals surface area contributed by atoms with Crippen LogP contribution >= 0.6 is 0 Å². The molecule has 1 aliphatic carbocycles. The minimum atomic E-state index is -0.330. The van der Waals surface area contributed by atoms with Crippen LogP contribution in [0.4, 0.5) is 4.39 Å². The molecule has 0 radical (unpaired) electrons. The summed E-state index contributed by atoms with van der Waals surface area (Å²) in [6.45, 7) is 1.73. The normalized spacial score (nSPS) is 18.8. The van der Waals surface area contributed by atoms with Crippen molar-refractivity contribution in [3.63, 3.8) is 0 Å². The van der Waals surface area contributed by atoms with Crippen LogP contribution in [0.3, 0.4) is 0 Å². The van der Waals surface area contributed by atoms with Crippen LogP contribution in [-0.2, 0) is 5.54 Å². The van der Waals surface area contributed by atoms with Crippen LogP contribution in [0.5, 0.6) is 5.75 Å². The van der Waals surface area contributed by atoms with E-state index in [2.05, 4.69) is 0 Å². The summed E-state index contributed by atoms with van der Waals surface area (Å²) in [6, 6.07) is 3.26. The number of ether oxygens (including phenoxy) is 1. The van der Waals surface area contributed by atoms with E-state index in [0.29, 0.717) is 11.3 Å². The highest BCUT2D eigenvalue weighted by atomic mass is 19.1. The highest BCUT2D eigenvalue weighted by molar-refractivity contribution is 5.46. The van der Waals surface area contributed by atoms with Gasteiger partial charge in [0.2, 0.25) is 0 Å². The van der Waals surface area contributed by atoms with E-state index in [4.69, 9.17) is 10.5 Å². The van der Waals surface area contributed by atoms with Gasteiger partial charge in [-0.05, 0) is 25.8 Å². The number of hydrogen-bond acceptors (Lipinski definition) is 2. The molecule has 1 saturated carbocycles. The molecule has 16 heavy (non-hydrogen) atoms. The molecule has 2 N–H and O–H groups in total. The SMILES string of the molecule is COc1c(C2(N)CCCC2)ccc(F)c1C. The lowest BCUT2D eigenvalue weighted by Crippen LogP contribution is -2.33. The van der Waals surface area contributed by atoms with Crippen LogP contribution in [0.15, 0.2) is 12.1 Å². The first kappa shape index (κ1) is 11.4. The van der Waals surface area contributed by atoms with Crippen molar-refractivity contribution in [2.24, 2.45) is 5.73 Å². The highest BCUT2D eigenvalue weighted by Crippen LogP contribution is 2.42. The van der Waals surface area contributed by atoms with Crippen LogP contribution in [0.2, 0.25) is 0 Å². The molecule has 0 aliphatic heterocycles. The number of nitrogens with two attached hydrogens (primary N) is 1. The smallest absolute Gasteiger partial charge is 0.129 e. The molecular weight excluding hydrogens is 205 g/mol. The van der Waals surface area contributed by atoms with Gasteiger partial charge < -0.3 is 10.5 Å². The van der Waals surface area contributed by atoms with E-state index in [0.717, 1.165) is 31.2 Å². The third-order valence-electron chi connectivity index (χ3n) is 3.58. The molecule has 0 bridgehead atoms. The molecule has 1 aliphatic rings. The molecule has 0 aromatic heterocycles. The standard InChI is InChI=1S/C13H18FNO/c1-9-11(14)6-5-10(12(9)16-2)13(15)7-3-4-8-13/h5-6H,3-4,7-8,15H2,1-2H3. The van der Waals surface area contributed by atoms with Crippen molar-refractivity contribution in [2.75, 3.05) is 7.11 Å². The molecule has 1 aromatic rings. The van der Waals surface area contributed by atoms with Crippen LogP contribution in [0.1, 0.15) is 36.8 Å². The van der Waals surface area contributed by atoms with Crippen molar-refractivity contribution in [3.8, 4) is 5.75 Å². The molecule has 0 heterocycles. The Kier molecular flexibility index (Phi) is 2.89. The van der Waals surface area contributed by atoms with Crippen molar-refractivity contribution in [2.45, 2.75) is 38.1 Å². The quantitative estimate of drug-likeness (QED) is 0.836. The Balaban J connectivity index is 2.52. The largest absolute Gasteiger partial charge is 0.496 e. The van der Waals surface area contributed by atoms with Crippen LogP contribution in [-0.4, -0.2) is 7.11 Å². The van der Waals surface area contributed by atoms with Gasteiger partial charge in [0.25, 0.3) is 0 Å². The monoisotopic (exact) mass is 223 g/mol. The molecular formula is C13H18FNO. The molecule has 88 valence electrons. The van der Waals surface area contributed by atoms with Gasteiger partial charge in [0.1, 0.15) is 11.6 Å². The Morgan fingerprint density at radius 2 is 1.94 bits per heavy atom.